The number of hydrogen-bond acceptors (Lipinski definition) is 4. The highest BCUT2D eigenvalue weighted by Crippen LogP contribution is 2.18. The molecule has 0 unspecified atom stereocenters. The van der Waals surface area contributed by atoms with Crippen LogP contribution in [0.3, 0.4) is 0 Å². The Labute approximate surface area is 179 Å². The number of ether oxygens (including phenoxy) is 1. The molecule has 0 atom stereocenters. The highest BCUT2D eigenvalue weighted by atomic mass is 32.1. The van der Waals surface area contributed by atoms with Gasteiger partial charge in [-0.1, -0.05) is 25.5 Å². The van der Waals surface area contributed by atoms with Crippen LogP contribution in [0, 0.1) is 13.8 Å². The van der Waals surface area contributed by atoms with Gasteiger partial charge in [-0.2, -0.15) is 0 Å². The van der Waals surface area contributed by atoms with E-state index >= 15 is 0 Å². The summed E-state index contributed by atoms with van der Waals surface area (Å²) in [6.07, 6.45) is 0. The number of hydrogen-bond donors (Lipinski definition) is 2. The molecule has 0 fully saturated rings. The van der Waals surface area contributed by atoms with Crippen molar-refractivity contribution < 1.29 is 4.74 Å². The number of fused-ring (bicyclic) bond motifs is 1. The molecule has 0 bridgehead atoms. The summed E-state index contributed by atoms with van der Waals surface area (Å²) in [6.45, 7) is 13.7. The number of likely N-dealkylation sites (N-methyl/N-ethyl adjacent to an activating group) is 1. The molecular weight excluding hydrogens is 384 g/mol. The Morgan fingerprint density at radius 3 is 2.55 bits per heavy atom. The third-order valence-electron chi connectivity index (χ3n) is 5.18. The second kappa shape index (κ2) is 11.3. The van der Waals surface area contributed by atoms with E-state index in [1.807, 2.05) is 13.0 Å². The summed E-state index contributed by atoms with van der Waals surface area (Å²) in [5.74, 6) is 0. The molecule has 0 saturated carbocycles. The van der Waals surface area contributed by atoms with E-state index in [0.717, 1.165) is 48.2 Å². The maximum absolute atomic E-state index is 12.8. The van der Waals surface area contributed by atoms with Gasteiger partial charge in [0.25, 0.3) is 5.56 Å². The predicted molar refractivity (Wildman–Crippen MR) is 125 cm³/mol. The van der Waals surface area contributed by atoms with Crippen LogP contribution in [0.4, 0.5) is 0 Å². The second-order valence-electron chi connectivity index (χ2n) is 7.34. The van der Waals surface area contributed by atoms with Gasteiger partial charge >= 0.3 is 0 Å². The SMILES string of the molecule is CCN(CC)CCN(Cc1cc2cc(C)cc(C)c2[nH]c1=O)C(=S)NCCOC. The first-order valence-electron chi connectivity index (χ1n) is 10.3. The van der Waals surface area contributed by atoms with Gasteiger partial charge in [0.05, 0.1) is 18.7 Å². The first-order valence-corrected chi connectivity index (χ1v) is 10.7. The lowest BCUT2D eigenvalue weighted by Crippen LogP contribution is -2.45. The Bertz CT molecular complexity index is 877. The van der Waals surface area contributed by atoms with Gasteiger partial charge in [0.1, 0.15) is 0 Å². The maximum atomic E-state index is 12.8. The van der Waals surface area contributed by atoms with Crippen molar-refractivity contribution in [1.82, 2.24) is 20.1 Å². The predicted octanol–water partition coefficient (Wildman–Crippen LogP) is 2.81. The largest absolute Gasteiger partial charge is 0.383 e. The number of aromatic nitrogens is 1. The molecule has 0 aliphatic carbocycles. The van der Waals surface area contributed by atoms with Crippen molar-refractivity contribution in [2.75, 3.05) is 46.4 Å². The molecule has 2 rings (SSSR count). The quantitative estimate of drug-likeness (QED) is 0.457. The van der Waals surface area contributed by atoms with Crippen LogP contribution in [-0.2, 0) is 11.3 Å². The molecule has 0 aliphatic heterocycles. The third-order valence-corrected chi connectivity index (χ3v) is 5.58. The number of aryl methyl sites for hydroxylation is 2. The van der Waals surface area contributed by atoms with Gasteiger partial charge in [-0.3, -0.25) is 4.79 Å². The topological polar surface area (TPSA) is 60.6 Å². The summed E-state index contributed by atoms with van der Waals surface area (Å²) in [7, 11) is 1.67. The molecule has 1 aromatic heterocycles. The molecule has 0 saturated heterocycles. The standard InChI is InChI=1S/C22H34N4O2S/c1-6-25(7-2)9-10-26(22(29)23-8-11-28-5)15-19-14-18-13-16(3)12-17(4)20(18)24-21(19)27/h12-14H,6-11,15H2,1-5H3,(H,23,29)(H,24,27). The first-order chi connectivity index (χ1) is 13.9. The maximum Gasteiger partial charge on any atom is 0.253 e. The Morgan fingerprint density at radius 1 is 1.17 bits per heavy atom. The molecule has 0 spiro atoms. The molecule has 0 amide bonds. The smallest absolute Gasteiger partial charge is 0.253 e. The summed E-state index contributed by atoms with van der Waals surface area (Å²) in [6, 6.07) is 6.19. The normalized spacial score (nSPS) is 11.2. The highest BCUT2D eigenvalue weighted by Gasteiger charge is 2.15. The van der Waals surface area contributed by atoms with Crippen LogP contribution in [0.5, 0.6) is 0 Å². The van der Waals surface area contributed by atoms with E-state index in [2.05, 4.69) is 53.0 Å². The summed E-state index contributed by atoms with van der Waals surface area (Å²) in [5, 5.41) is 4.94. The van der Waals surface area contributed by atoms with Crippen molar-refractivity contribution in [3.05, 3.63) is 45.2 Å². The molecule has 7 heteroatoms. The fraction of sp³-hybridized carbons (Fsp3) is 0.545. The van der Waals surface area contributed by atoms with E-state index in [1.165, 1.54) is 5.56 Å². The minimum absolute atomic E-state index is 0.0583. The fourth-order valence-corrected chi connectivity index (χ4v) is 3.74. The fourth-order valence-electron chi connectivity index (χ4n) is 3.48. The lowest BCUT2D eigenvalue weighted by molar-refractivity contribution is 0.202. The van der Waals surface area contributed by atoms with Crippen molar-refractivity contribution in [2.24, 2.45) is 0 Å². The lowest BCUT2D eigenvalue weighted by Gasteiger charge is -2.28. The van der Waals surface area contributed by atoms with Crippen molar-refractivity contribution in [3.8, 4) is 0 Å². The van der Waals surface area contributed by atoms with Crippen molar-refractivity contribution in [2.45, 2.75) is 34.2 Å². The van der Waals surface area contributed by atoms with E-state index in [1.54, 1.807) is 7.11 Å². The van der Waals surface area contributed by atoms with Crippen LogP contribution < -0.4 is 10.9 Å². The van der Waals surface area contributed by atoms with Crippen LogP contribution in [0.25, 0.3) is 10.9 Å². The van der Waals surface area contributed by atoms with Crippen molar-refractivity contribution in [3.63, 3.8) is 0 Å². The van der Waals surface area contributed by atoms with Gasteiger partial charge < -0.3 is 24.8 Å². The molecule has 0 aliphatic rings. The van der Waals surface area contributed by atoms with Gasteiger partial charge in [-0.25, -0.2) is 0 Å². The molecule has 29 heavy (non-hydrogen) atoms. The minimum atomic E-state index is -0.0583. The Balaban J connectivity index is 2.27. The van der Waals surface area contributed by atoms with E-state index in [-0.39, 0.29) is 5.56 Å². The number of aromatic amines is 1. The van der Waals surface area contributed by atoms with Crippen LogP contribution in [-0.4, -0.2) is 66.3 Å². The monoisotopic (exact) mass is 418 g/mol. The molecule has 2 N–H and O–H groups in total. The van der Waals surface area contributed by atoms with E-state index in [4.69, 9.17) is 17.0 Å². The second-order valence-corrected chi connectivity index (χ2v) is 7.73. The summed E-state index contributed by atoms with van der Waals surface area (Å²) in [5.41, 5.74) is 3.83. The average molecular weight is 419 g/mol. The van der Waals surface area contributed by atoms with Crippen LogP contribution in [0.1, 0.15) is 30.5 Å². The zero-order valence-corrected chi connectivity index (χ0v) is 19.1. The number of thiocarbonyl (C=S) groups is 1. The number of benzene rings is 1. The summed E-state index contributed by atoms with van der Waals surface area (Å²) >= 11 is 5.62. The first kappa shape index (κ1) is 23.3. The highest BCUT2D eigenvalue weighted by molar-refractivity contribution is 7.80. The van der Waals surface area contributed by atoms with Crippen LogP contribution in [0.2, 0.25) is 0 Å². The van der Waals surface area contributed by atoms with E-state index < -0.39 is 0 Å². The number of methoxy groups -OCH3 is 1. The molecule has 6 nitrogen and oxygen atoms in total. The molecular formula is C22H34N4O2S. The molecule has 2 aromatic rings. The van der Waals surface area contributed by atoms with Crippen molar-refractivity contribution in [1.29, 1.82) is 0 Å². The zero-order chi connectivity index (χ0) is 21.4. The van der Waals surface area contributed by atoms with Crippen LogP contribution >= 0.6 is 12.2 Å². The lowest BCUT2D eigenvalue weighted by atomic mass is 10.1. The number of rotatable bonds is 10. The van der Waals surface area contributed by atoms with E-state index in [0.29, 0.717) is 24.8 Å². The molecule has 160 valence electrons. The number of H-pyrrole nitrogens is 1. The molecule has 0 radical (unpaired) electrons. The van der Waals surface area contributed by atoms with E-state index in [9.17, 15) is 4.79 Å². The van der Waals surface area contributed by atoms with Gasteiger partial charge in [-0.05, 0) is 62.2 Å². The van der Waals surface area contributed by atoms with Crippen LogP contribution in [0.15, 0.2) is 23.0 Å². The van der Waals surface area contributed by atoms with Gasteiger partial charge in [0.2, 0.25) is 0 Å². The Kier molecular flexibility index (Phi) is 9.07. The Hall–Kier alpha value is -1.96. The number of nitrogens with zero attached hydrogens (tertiary/aromatic N) is 2. The van der Waals surface area contributed by atoms with Gasteiger partial charge in [0.15, 0.2) is 5.11 Å². The van der Waals surface area contributed by atoms with Gasteiger partial charge in [-0.15, -0.1) is 0 Å². The molecule has 1 aromatic carbocycles. The van der Waals surface area contributed by atoms with Gasteiger partial charge in [0, 0.05) is 32.3 Å². The Morgan fingerprint density at radius 2 is 1.90 bits per heavy atom. The summed E-state index contributed by atoms with van der Waals surface area (Å²) in [4.78, 5) is 20.2. The van der Waals surface area contributed by atoms with Crippen molar-refractivity contribution >= 4 is 28.2 Å². The molecule has 1 heterocycles. The average Bonchev–Trinajstić information content (AvgIpc) is 2.68. The minimum Gasteiger partial charge on any atom is -0.383 e. The number of nitrogens with one attached hydrogen (secondary N) is 2. The summed E-state index contributed by atoms with van der Waals surface area (Å²) < 4.78 is 5.11. The number of pyridine rings is 1. The third kappa shape index (κ3) is 6.52. The zero-order valence-electron chi connectivity index (χ0n) is 18.3.